The molecule has 0 atom stereocenters. The first-order valence-electron chi connectivity index (χ1n) is 4.20. The number of rotatable bonds is 0. The SMILES string of the molecule is O=C1c2c3cccc2S(=O)(=O)N1OS(=O)(=O)O3. The number of nitrogens with zero attached hydrogens (tertiary/aromatic N) is 1. The van der Waals surface area contributed by atoms with E-state index in [1.54, 1.807) is 0 Å². The predicted octanol–water partition coefficient (Wildman–Crippen LogP) is -0.600. The highest BCUT2D eigenvalue weighted by Crippen LogP contribution is 2.39. The quantitative estimate of drug-likeness (QED) is 0.623. The first-order chi connectivity index (χ1) is 7.83. The highest BCUT2D eigenvalue weighted by Gasteiger charge is 2.50. The molecule has 1 aromatic carbocycles. The Bertz CT molecular complexity index is 748. The molecule has 2 aliphatic heterocycles. The first kappa shape index (κ1) is 10.5. The van der Waals surface area contributed by atoms with E-state index in [1.807, 2.05) is 0 Å². The van der Waals surface area contributed by atoms with E-state index in [2.05, 4.69) is 8.47 Å². The molecule has 0 fully saturated rings. The van der Waals surface area contributed by atoms with Crippen LogP contribution in [0, 0.1) is 0 Å². The van der Waals surface area contributed by atoms with Crippen molar-refractivity contribution in [2.45, 2.75) is 4.90 Å². The van der Waals surface area contributed by atoms with Gasteiger partial charge in [0.1, 0.15) is 10.5 Å². The van der Waals surface area contributed by atoms with Gasteiger partial charge in [-0.15, -0.1) is 0 Å². The number of hydrogen-bond donors (Lipinski definition) is 0. The maximum absolute atomic E-state index is 11.8. The van der Waals surface area contributed by atoms with E-state index in [0.717, 1.165) is 6.07 Å². The van der Waals surface area contributed by atoms with Crippen molar-refractivity contribution < 1.29 is 30.1 Å². The summed E-state index contributed by atoms with van der Waals surface area (Å²) in [6.07, 6.45) is 0. The normalized spacial score (nSPS) is 23.1. The van der Waals surface area contributed by atoms with Gasteiger partial charge in [0.25, 0.3) is 15.9 Å². The van der Waals surface area contributed by atoms with E-state index in [1.165, 1.54) is 12.1 Å². The molecule has 0 saturated heterocycles. The number of carbonyl (C=O) groups is 1. The van der Waals surface area contributed by atoms with Crippen LogP contribution in [0.15, 0.2) is 23.1 Å². The number of amides is 1. The standard InChI is InChI=1S/C7H3NO7S2/c9-7-6-4-2-1-3-5(6)16(10,11)8(7)15-17(12,13)14-4/h1-3H. The summed E-state index contributed by atoms with van der Waals surface area (Å²) in [5, 5.41) is 0. The maximum Gasteiger partial charge on any atom is 0.471 e. The molecule has 1 amide bonds. The average Bonchev–Trinajstić information content (AvgIpc) is 2.36. The van der Waals surface area contributed by atoms with E-state index in [-0.39, 0.29) is 20.7 Å². The van der Waals surface area contributed by atoms with Gasteiger partial charge >= 0.3 is 10.4 Å². The Balaban J connectivity index is 2.49. The molecule has 2 aliphatic rings. The predicted molar refractivity (Wildman–Crippen MR) is 50.4 cm³/mol. The number of hydroxylamine groups is 1. The molecule has 0 saturated carbocycles. The van der Waals surface area contributed by atoms with Crippen molar-refractivity contribution in [3.05, 3.63) is 23.8 Å². The monoisotopic (exact) mass is 277 g/mol. The minimum absolute atomic E-state index is 0.191. The largest absolute Gasteiger partial charge is 0.471 e. The summed E-state index contributed by atoms with van der Waals surface area (Å²) in [6, 6.07) is 3.60. The summed E-state index contributed by atoms with van der Waals surface area (Å²) in [4.78, 5) is 11.3. The van der Waals surface area contributed by atoms with Crippen LogP contribution < -0.4 is 4.18 Å². The third kappa shape index (κ3) is 1.22. The van der Waals surface area contributed by atoms with E-state index in [4.69, 9.17) is 0 Å². The lowest BCUT2D eigenvalue weighted by atomic mass is 10.2. The van der Waals surface area contributed by atoms with Crippen molar-refractivity contribution in [2.75, 3.05) is 0 Å². The van der Waals surface area contributed by atoms with Crippen molar-refractivity contribution >= 4 is 26.3 Å². The zero-order valence-corrected chi connectivity index (χ0v) is 9.49. The third-order valence-corrected chi connectivity index (χ3v) is 4.60. The number of fused-ring (bicyclic) bond motifs is 1. The van der Waals surface area contributed by atoms with Crippen LogP contribution in [0.3, 0.4) is 0 Å². The Morgan fingerprint density at radius 3 is 2.53 bits per heavy atom. The minimum atomic E-state index is -4.62. The molecule has 2 heterocycles. The summed E-state index contributed by atoms with van der Waals surface area (Å²) in [5.74, 6) is -1.45. The molecular formula is C7H3NO7S2. The molecule has 0 N–H and O–H groups in total. The van der Waals surface area contributed by atoms with Crippen molar-refractivity contribution in [2.24, 2.45) is 0 Å². The molecule has 1 aromatic rings. The fourth-order valence-corrected chi connectivity index (χ4v) is 3.93. The van der Waals surface area contributed by atoms with Crippen LogP contribution in [-0.2, 0) is 24.7 Å². The Labute approximate surface area is 95.7 Å². The van der Waals surface area contributed by atoms with Crippen LogP contribution in [-0.4, -0.2) is 27.2 Å². The minimum Gasteiger partial charge on any atom is -0.359 e. The number of benzene rings is 1. The van der Waals surface area contributed by atoms with Gasteiger partial charge in [0.2, 0.25) is 0 Å². The van der Waals surface area contributed by atoms with Crippen molar-refractivity contribution in [3.63, 3.8) is 0 Å². The van der Waals surface area contributed by atoms with Crippen molar-refractivity contribution in [3.8, 4) is 5.75 Å². The van der Waals surface area contributed by atoms with Crippen LogP contribution >= 0.6 is 0 Å². The topological polar surface area (TPSA) is 107 Å². The number of carbonyl (C=O) groups excluding carboxylic acids is 1. The van der Waals surface area contributed by atoms with Gasteiger partial charge in [-0.1, -0.05) is 14.8 Å². The van der Waals surface area contributed by atoms with Crippen LogP contribution in [0.2, 0.25) is 0 Å². The maximum atomic E-state index is 11.8. The number of hydrogen-bond acceptors (Lipinski definition) is 7. The van der Waals surface area contributed by atoms with Gasteiger partial charge in [0, 0.05) is 0 Å². The van der Waals surface area contributed by atoms with E-state index < -0.39 is 26.3 Å². The molecule has 0 aromatic heterocycles. The first-order valence-corrected chi connectivity index (χ1v) is 6.97. The lowest BCUT2D eigenvalue weighted by Gasteiger charge is -2.12. The van der Waals surface area contributed by atoms with Gasteiger partial charge in [-0.25, -0.2) is 0 Å². The highest BCUT2D eigenvalue weighted by molar-refractivity contribution is 7.91. The lowest BCUT2D eigenvalue weighted by Crippen LogP contribution is -2.33. The Kier molecular flexibility index (Phi) is 1.71. The Morgan fingerprint density at radius 1 is 1.12 bits per heavy atom. The second-order valence-electron chi connectivity index (χ2n) is 3.23. The van der Waals surface area contributed by atoms with E-state index in [9.17, 15) is 21.6 Å². The summed E-state index contributed by atoms with van der Waals surface area (Å²) >= 11 is 0. The molecule has 0 aliphatic carbocycles. The zero-order valence-electron chi connectivity index (χ0n) is 7.85. The summed E-state index contributed by atoms with van der Waals surface area (Å²) in [6.45, 7) is 0. The highest BCUT2D eigenvalue weighted by atomic mass is 32.3. The molecular weight excluding hydrogens is 274 g/mol. The second kappa shape index (κ2) is 2.78. The molecule has 2 bridgehead atoms. The molecule has 0 spiro atoms. The molecule has 0 unspecified atom stereocenters. The number of sulfonamides is 1. The second-order valence-corrected chi connectivity index (χ2v) is 6.09. The average molecular weight is 277 g/mol. The smallest absolute Gasteiger partial charge is 0.359 e. The molecule has 10 heteroatoms. The van der Waals surface area contributed by atoms with E-state index in [0.29, 0.717) is 0 Å². The van der Waals surface area contributed by atoms with Gasteiger partial charge in [-0.3, -0.25) is 4.79 Å². The molecule has 3 rings (SSSR count). The van der Waals surface area contributed by atoms with Crippen molar-refractivity contribution in [1.29, 1.82) is 0 Å². The summed E-state index contributed by atoms with van der Waals surface area (Å²) in [5.41, 5.74) is -0.339. The lowest BCUT2D eigenvalue weighted by molar-refractivity contribution is 0.0291. The van der Waals surface area contributed by atoms with E-state index >= 15 is 0 Å². The van der Waals surface area contributed by atoms with Crippen LogP contribution in [0.4, 0.5) is 0 Å². The fraction of sp³-hybridized carbons (Fsp3) is 0. The zero-order chi connectivity index (χ0) is 12.4. The van der Waals surface area contributed by atoms with Crippen LogP contribution in [0.25, 0.3) is 0 Å². The summed E-state index contributed by atoms with van der Waals surface area (Å²) in [7, 11) is -8.90. The molecule has 0 radical (unpaired) electrons. The van der Waals surface area contributed by atoms with Gasteiger partial charge in [0.15, 0.2) is 5.75 Å². The van der Waals surface area contributed by atoms with Gasteiger partial charge in [0.05, 0.1) is 0 Å². The van der Waals surface area contributed by atoms with Gasteiger partial charge < -0.3 is 4.18 Å². The van der Waals surface area contributed by atoms with Crippen LogP contribution in [0.1, 0.15) is 10.4 Å². The fourth-order valence-electron chi connectivity index (χ4n) is 1.58. The molecule has 90 valence electrons. The Morgan fingerprint density at radius 2 is 1.82 bits per heavy atom. The molecule has 17 heavy (non-hydrogen) atoms. The summed E-state index contributed by atoms with van der Waals surface area (Å²) < 4.78 is 54.3. The Hall–Kier alpha value is -1.65. The third-order valence-electron chi connectivity index (χ3n) is 2.21. The van der Waals surface area contributed by atoms with Crippen molar-refractivity contribution in [1.82, 2.24) is 4.47 Å². The van der Waals surface area contributed by atoms with Crippen LogP contribution in [0.5, 0.6) is 5.75 Å². The van der Waals surface area contributed by atoms with Gasteiger partial charge in [-0.2, -0.15) is 16.8 Å². The molecule has 8 nitrogen and oxygen atoms in total. The van der Waals surface area contributed by atoms with Gasteiger partial charge in [-0.05, 0) is 12.1 Å².